The fourth-order valence-electron chi connectivity index (χ4n) is 1.88. The molecular formula is C14H10ClFN4. The van der Waals surface area contributed by atoms with E-state index in [1.54, 1.807) is 24.3 Å². The minimum Gasteiger partial charge on any atom is -0.399 e. The Kier molecular flexibility index (Phi) is 3.12. The van der Waals surface area contributed by atoms with Gasteiger partial charge >= 0.3 is 0 Å². The summed E-state index contributed by atoms with van der Waals surface area (Å²) in [5.41, 5.74) is 7.68. The summed E-state index contributed by atoms with van der Waals surface area (Å²) in [4.78, 5) is 8.32. The van der Waals surface area contributed by atoms with Crippen LogP contribution in [0.4, 0.5) is 21.6 Å². The normalized spacial score (nSPS) is 10.7. The van der Waals surface area contributed by atoms with E-state index in [9.17, 15) is 4.39 Å². The number of nitrogen functional groups attached to an aromatic ring is 1. The molecule has 0 aliphatic heterocycles. The highest BCUT2D eigenvalue weighted by Crippen LogP contribution is 2.26. The van der Waals surface area contributed by atoms with Gasteiger partial charge in [-0.2, -0.15) is 0 Å². The molecule has 0 spiro atoms. The summed E-state index contributed by atoms with van der Waals surface area (Å²) in [6.45, 7) is 0. The molecule has 3 aromatic rings. The van der Waals surface area contributed by atoms with Crippen molar-refractivity contribution in [2.75, 3.05) is 11.1 Å². The van der Waals surface area contributed by atoms with Crippen LogP contribution >= 0.6 is 11.6 Å². The van der Waals surface area contributed by atoms with Crippen molar-refractivity contribution in [2.24, 2.45) is 0 Å². The van der Waals surface area contributed by atoms with E-state index in [2.05, 4.69) is 15.3 Å². The fraction of sp³-hybridized carbons (Fsp3) is 0. The molecule has 0 bridgehead atoms. The van der Waals surface area contributed by atoms with Crippen LogP contribution in [-0.2, 0) is 0 Å². The van der Waals surface area contributed by atoms with Crippen LogP contribution in [0.3, 0.4) is 0 Å². The van der Waals surface area contributed by atoms with Crippen LogP contribution in [0.2, 0.25) is 5.02 Å². The first-order valence-electron chi connectivity index (χ1n) is 5.86. The van der Waals surface area contributed by atoms with Crippen molar-refractivity contribution >= 4 is 39.7 Å². The maximum atomic E-state index is 13.4. The quantitative estimate of drug-likeness (QED) is 0.705. The Morgan fingerprint density at radius 2 is 1.95 bits per heavy atom. The van der Waals surface area contributed by atoms with Crippen LogP contribution in [0.1, 0.15) is 0 Å². The van der Waals surface area contributed by atoms with Crippen molar-refractivity contribution in [3.63, 3.8) is 0 Å². The number of halogens is 2. The minimum atomic E-state index is -0.491. The number of benzene rings is 2. The first kappa shape index (κ1) is 12.6. The molecule has 0 saturated carbocycles. The second-order valence-electron chi connectivity index (χ2n) is 4.25. The molecule has 0 aliphatic rings. The fourth-order valence-corrected chi connectivity index (χ4v) is 2.00. The number of aromatic nitrogens is 2. The Bertz CT molecular complexity index is 791. The average Bonchev–Trinajstić information content (AvgIpc) is 2.44. The van der Waals surface area contributed by atoms with E-state index in [4.69, 9.17) is 17.3 Å². The molecule has 0 saturated heterocycles. The highest BCUT2D eigenvalue weighted by atomic mass is 35.5. The smallest absolute Gasteiger partial charge is 0.143 e. The lowest BCUT2D eigenvalue weighted by Crippen LogP contribution is -1.97. The van der Waals surface area contributed by atoms with Crippen LogP contribution in [0.15, 0.2) is 42.7 Å². The predicted molar refractivity (Wildman–Crippen MR) is 78.6 cm³/mol. The summed E-state index contributed by atoms with van der Waals surface area (Å²) in [7, 11) is 0. The summed E-state index contributed by atoms with van der Waals surface area (Å²) in [6, 6.07) is 9.80. The molecule has 0 fully saturated rings. The van der Waals surface area contributed by atoms with Gasteiger partial charge < -0.3 is 11.1 Å². The van der Waals surface area contributed by atoms with Crippen molar-refractivity contribution in [3.05, 3.63) is 53.6 Å². The number of hydrogen-bond donors (Lipinski definition) is 2. The molecule has 2 aromatic carbocycles. The predicted octanol–water partition coefficient (Wildman–Crippen LogP) is 3.75. The Morgan fingerprint density at radius 3 is 2.75 bits per heavy atom. The Labute approximate surface area is 119 Å². The van der Waals surface area contributed by atoms with E-state index in [-0.39, 0.29) is 5.02 Å². The standard InChI is InChI=1S/C14H10ClFN4/c15-11-3-2-9(6-12(11)16)20-14-10-5-8(17)1-4-13(10)18-7-19-14/h1-7H,17H2,(H,18,19,20). The van der Waals surface area contributed by atoms with Gasteiger partial charge in [-0.05, 0) is 36.4 Å². The van der Waals surface area contributed by atoms with Crippen LogP contribution < -0.4 is 11.1 Å². The zero-order valence-corrected chi connectivity index (χ0v) is 11.0. The number of nitrogens with zero attached hydrogens (tertiary/aromatic N) is 2. The maximum absolute atomic E-state index is 13.4. The summed E-state index contributed by atoms with van der Waals surface area (Å²) in [6.07, 6.45) is 1.44. The zero-order valence-electron chi connectivity index (χ0n) is 10.3. The third kappa shape index (κ3) is 2.35. The third-order valence-electron chi connectivity index (χ3n) is 2.84. The Morgan fingerprint density at radius 1 is 1.10 bits per heavy atom. The van der Waals surface area contributed by atoms with Crippen molar-refractivity contribution in [3.8, 4) is 0 Å². The molecule has 0 unspecified atom stereocenters. The molecule has 1 aromatic heterocycles. The molecule has 0 amide bonds. The molecule has 20 heavy (non-hydrogen) atoms. The van der Waals surface area contributed by atoms with E-state index in [1.165, 1.54) is 18.5 Å². The number of nitrogens with one attached hydrogen (secondary N) is 1. The summed E-state index contributed by atoms with van der Waals surface area (Å²) in [5.74, 6) is 0.0681. The van der Waals surface area contributed by atoms with E-state index in [0.29, 0.717) is 17.2 Å². The van der Waals surface area contributed by atoms with Crippen molar-refractivity contribution < 1.29 is 4.39 Å². The van der Waals surface area contributed by atoms with Crippen LogP contribution in [0.25, 0.3) is 10.9 Å². The van der Waals surface area contributed by atoms with E-state index >= 15 is 0 Å². The number of hydrogen-bond acceptors (Lipinski definition) is 4. The summed E-state index contributed by atoms with van der Waals surface area (Å²) < 4.78 is 13.4. The molecule has 3 N–H and O–H groups in total. The number of fused-ring (bicyclic) bond motifs is 1. The molecule has 4 nitrogen and oxygen atoms in total. The molecule has 0 aliphatic carbocycles. The van der Waals surface area contributed by atoms with Gasteiger partial charge in [0.15, 0.2) is 0 Å². The average molecular weight is 289 g/mol. The largest absolute Gasteiger partial charge is 0.399 e. The second-order valence-corrected chi connectivity index (χ2v) is 4.66. The van der Waals surface area contributed by atoms with Gasteiger partial charge in [-0.1, -0.05) is 11.6 Å². The van der Waals surface area contributed by atoms with Gasteiger partial charge in [0.2, 0.25) is 0 Å². The Balaban J connectivity index is 2.05. The van der Waals surface area contributed by atoms with Gasteiger partial charge in [0.1, 0.15) is 18.0 Å². The van der Waals surface area contributed by atoms with Crippen molar-refractivity contribution in [1.29, 1.82) is 0 Å². The molecule has 0 atom stereocenters. The topological polar surface area (TPSA) is 63.8 Å². The number of nitrogens with two attached hydrogens (primary N) is 1. The molecule has 1 heterocycles. The van der Waals surface area contributed by atoms with Crippen LogP contribution in [0, 0.1) is 5.82 Å². The SMILES string of the molecule is Nc1ccc2ncnc(Nc3ccc(Cl)c(F)c3)c2c1. The van der Waals surface area contributed by atoms with Crippen molar-refractivity contribution in [1.82, 2.24) is 9.97 Å². The highest BCUT2D eigenvalue weighted by Gasteiger charge is 2.06. The minimum absolute atomic E-state index is 0.0762. The van der Waals surface area contributed by atoms with Gasteiger partial charge in [-0.25, -0.2) is 14.4 Å². The van der Waals surface area contributed by atoms with Crippen LogP contribution in [0.5, 0.6) is 0 Å². The Hall–Kier alpha value is -2.40. The van der Waals surface area contributed by atoms with E-state index in [1.807, 2.05) is 0 Å². The highest BCUT2D eigenvalue weighted by molar-refractivity contribution is 6.30. The first-order chi connectivity index (χ1) is 9.63. The van der Waals surface area contributed by atoms with E-state index in [0.717, 1.165) is 10.9 Å². The van der Waals surface area contributed by atoms with Crippen molar-refractivity contribution in [2.45, 2.75) is 0 Å². The monoisotopic (exact) mass is 288 g/mol. The van der Waals surface area contributed by atoms with E-state index < -0.39 is 5.82 Å². The van der Waals surface area contributed by atoms with Gasteiger partial charge in [-0.15, -0.1) is 0 Å². The van der Waals surface area contributed by atoms with Crippen LogP contribution in [-0.4, -0.2) is 9.97 Å². The maximum Gasteiger partial charge on any atom is 0.143 e. The lowest BCUT2D eigenvalue weighted by Gasteiger charge is -2.09. The third-order valence-corrected chi connectivity index (χ3v) is 3.15. The van der Waals surface area contributed by atoms with Gasteiger partial charge in [0.05, 0.1) is 10.5 Å². The zero-order chi connectivity index (χ0) is 14.1. The molecule has 0 radical (unpaired) electrons. The van der Waals surface area contributed by atoms with Gasteiger partial charge in [0, 0.05) is 16.8 Å². The molecule has 100 valence electrons. The lowest BCUT2D eigenvalue weighted by molar-refractivity contribution is 0.629. The van der Waals surface area contributed by atoms with Gasteiger partial charge in [0.25, 0.3) is 0 Å². The lowest BCUT2D eigenvalue weighted by atomic mass is 10.2. The summed E-state index contributed by atoms with van der Waals surface area (Å²) in [5, 5.41) is 3.88. The molecule has 3 rings (SSSR count). The number of anilines is 3. The second kappa shape index (κ2) is 4.94. The first-order valence-corrected chi connectivity index (χ1v) is 6.23. The molecule has 6 heteroatoms. The molecular weight excluding hydrogens is 279 g/mol. The number of rotatable bonds is 2. The van der Waals surface area contributed by atoms with Gasteiger partial charge in [-0.3, -0.25) is 0 Å². The summed E-state index contributed by atoms with van der Waals surface area (Å²) >= 11 is 5.65.